The molecule has 3 fully saturated rings. The lowest BCUT2D eigenvalue weighted by atomic mass is 9.49. The van der Waals surface area contributed by atoms with Gasteiger partial charge in [-0.3, -0.25) is 0 Å². The van der Waals surface area contributed by atoms with E-state index in [4.69, 9.17) is 27.9 Å². The lowest BCUT2D eigenvalue weighted by Gasteiger charge is -2.32. The number of rotatable bonds is 6. The Morgan fingerprint density at radius 3 is 0.976 bits per heavy atom. The Labute approximate surface area is 484 Å². The van der Waals surface area contributed by atoms with Crippen LogP contribution < -0.4 is 9.65 Å². The Hall–Kier alpha value is -6.75. The zero-order chi connectivity index (χ0) is 59.3. The second-order valence-corrected chi connectivity index (χ2v) is 26.2. The van der Waals surface area contributed by atoms with E-state index in [1.54, 1.807) is 6.07 Å². The summed E-state index contributed by atoms with van der Waals surface area (Å²) in [6.45, 7) is 24.6. The second-order valence-electron chi connectivity index (χ2n) is 24.7. The minimum absolute atomic E-state index is 0.351. The van der Waals surface area contributed by atoms with E-state index in [0.29, 0.717) is 5.56 Å². The summed E-state index contributed by atoms with van der Waals surface area (Å²) in [6.07, 6.45) is 0. The van der Waals surface area contributed by atoms with Gasteiger partial charge in [-0.05, 0) is 200 Å². The third kappa shape index (κ3) is 10.7. The van der Waals surface area contributed by atoms with Crippen LogP contribution in [0.15, 0.2) is 182 Å². The van der Waals surface area contributed by atoms with Crippen molar-refractivity contribution in [1.29, 1.82) is 0 Å². The third-order valence-corrected chi connectivity index (χ3v) is 18.6. The second kappa shape index (κ2) is 20.8. The van der Waals surface area contributed by atoms with Crippen molar-refractivity contribution in [3.63, 3.8) is 0 Å². The van der Waals surface area contributed by atoms with Crippen molar-refractivity contribution >= 4 is 101 Å². The predicted molar refractivity (Wildman–Crippen MR) is 332 cm³/mol. The van der Waals surface area contributed by atoms with Crippen molar-refractivity contribution < 1.29 is 53.7 Å². The highest BCUT2D eigenvalue weighted by atomic mass is 32.2. The van der Waals surface area contributed by atoms with E-state index in [-0.39, 0.29) is 40.7 Å². The topological polar surface area (TPSA) is 98.8 Å². The van der Waals surface area contributed by atoms with Crippen LogP contribution in [0.5, 0.6) is 5.75 Å². The first kappa shape index (κ1) is 58.0. The molecule has 9 nitrogen and oxygen atoms in total. The molecule has 0 N–H and O–H groups in total. The molecule has 10 aromatic rings. The molecule has 0 aromatic heterocycles. The maximum absolute atomic E-state index is 12.7. The molecular formula is C67H66B3F3O9S. The highest BCUT2D eigenvalue weighted by Crippen LogP contribution is 2.44. The number of hydrogen-bond acceptors (Lipinski definition) is 9. The van der Waals surface area contributed by atoms with Crippen molar-refractivity contribution in [1.82, 2.24) is 0 Å². The highest BCUT2D eigenvalue weighted by molar-refractivity contribution is 7.88. The van der Waals surface area contributed by atoms with Gasteiger partial charge in [-0.15, -0.1) is 0 Å². The van der Waals surface area contributed by atoms with Crippen molar-refractivity contribution in [3.05, 3.63) is 182 Å². The number of benzene rings is 10. The molecule has 0 unspecified atom stereocenters. The fraction of sp³-hybridized carbons (Fsp3) is 0.284. The summed E-state index contributed by atoms with van der Waals surface area (Å²) >= 11 is 0. The van der Waals surface area contributed by atoms with Crippen LogP contribution in [0.2, 0.25) is 0 Å². The standard InChI is InChI=1S/C30H27BO2.C25H15F3O3S.C12H24B2O4/c1-29(2)30(3,4)33-31(32-29)22-11-9-10-20(18-22)21-16-17-27-25-14-6-5-12-23(25)24-13-7-8-15-26(24)28(27)19-21;26-25(27,28)32(29,30)31-18-7-5-6-16(14-18)17-12-13-23-21-10-2-1-8-19(21)20-9-3-4-11-22(20)24(23)15-17;1-9(2)10(3,4)16-13(15-9)14-17-11(5,6)12(7,8)18-14/h5-19H,1-4H3;1-15H;1-8H3. The van der Waals surface area contributed by atoms with Gasteiger partial charge in [0.2, 0.25) is 0 Å². The van der Waals surface area contributed by atoms with Crippen LogP contribution in [0.3, 0.4) is 0 Å². The Balaban J connectivity index is 0.000000136. The SMILES string of the molecule is CC1(C)OB(B2OC(C)(C)C(C)(C)O2)OC1(C)C.CC1(C)OB(c2cccc(-c3ccc4c5ccccc5c5ccccc5c4c3)c2)OC1(C)C.O=S(=O)(Oc1cccc(-c2ccc3c4ccccc4c4ccccc4c3c2)c1)C(F)(F)F. The van der Waals surface area contributed by atoms with Gasteiger partial charge >= 0.3 is 36.8 Å². The lowest BCUT2D eigenvalue weighted by molar-refractivity contribution is -0.0500. The molecule has 424 valence electrons. The number of hydrogen-bond donors (Lipinski definition) is 0. The van der Waals surface area contributed by atoms with Crippen LogP contribution in [0.25, 0.3) is 86.9 Å². The molecule has 13 rings (SSSR count). The maximum atomic E-state index is 12.7. The van der Waals surface area contributed by atoms with Gasteiger partial charge in [0, 0.05) is 0 Å². The first-order valence-corrected chi connectivity index (χ1v) is 29.3. The molecule has 16 heteroatoms. The molecule has 10 aromatic carbocycles. The van der Waals surface area contributed by atoms with Crippen molar-refractivity contribution in [2.24, 2.45) is 0 Å². The number of halogens is 3. The van der Waals surface area contributed by atoms with Gasteiger partial charge in [0.1, 0.15) is 5.75 Å². The summed E-state index contributed by atoms with van der Waals surface area (Å²) in [6, 6.07) is 60.3. The van der Waals surface area contributed by atoms with Gasteiger partial charge in [0.15, 0.2) is 0 Å². The molecule has 3 saturated heterocycles. The molecule has 0 aliphatic carbocycles. The number of alkyl halides is 3. The highest BCUT2D eigenvalue weighted by Gasteiger charge is 2.64. The van der Waals surface area contributed by atoms with E-state index in [0.717, 1.165) is 43.3 Å². The van der Waals surface area contributed by atoms with Crippen molar-refractivity contribution in [3.8, 4) is 28.0 Å². The van der Waals surface area contributed by atoms with Gasteiger partial charge in [-0.2, -0.15) is 21.6 Å². The van der Waals surface area contributed by atoms with Crippen LogP contribution >= 0.6 is 0 Å². The van der Waals surface area contributed by atoms with Crippen LogP contribution in [-0.2, 0) is 38.0 Å². The van der Waals surface area contributed by atoms with Crippen LogP contribution in [0.4, 0.5) is 13.2 Å². The van der Waals surface area contributed by atoms with E-state index < -0.39 is 35.4 Å². The zero-order valence-electron chi connectivity index (χ0n) is 48.8. The zero-order valence-corrected chi connectivity index (χ0v) is 49.6. The Morgan fingerprint density at radius 1 is 0.337 bits per heavy atom. The van der Waals surface area contributed by atoms with Gasteiger partial charge in [0.05, 0.1) is 33.6 Å². The molecule has 0 spiro atoms. The largest absolute Gasteiger partial charge is 0.534 e. The molecule has 0 amide bonds. The molecule has 0 bridgehead atoms. The predicted octanol–water partition coefficient (Wildman–Crippen LogP) is 16.4. The van der Waals surface area contributed by atoms with Gasteiger partial charge in [-0.1, -0.05) is 158 Å². The van der Waals surface area contributed by atoms with E-state index in [9.17, 15) is 21.6 Å². The average molecular weight is 1140 g/mol. The van der Waals surface area contributed by atoms with E-state index in [2.05, 4.69) is 141 Å². The van der Waals surface area contributed by atoms with Crippen molar-refractivity contribution in [2.45, 2.75) is 122 Å². The summed E-state index contributed by atoms with van der Waals surface area (Å²) in [5, 5.41) is 14.2. The molecule has 3 aliphatic rings. The summed E-state index contributed by atoms with van der Waals surface area (Å²) in [5.74, 6) is -0.400. The summed E-state index contributed by atoms with van der Waals surface area (Å²) in [7, 11) is -7.05. The molecular weight excluding hydrogens is 1070 g/mol. The summed E-state index contributed by atoms with van der Waals surface area (Å²) in [4.78, 5) is 0. The molecule has 0 atom stereocenters. The van der Waals surface area contributed by atoms with Gasteiger partial charge < -0.3 is 32.1 Å². The van der Waals surface area contributed by atoms with Crippen molar-refractivity contribution in [2.75, 3.05) is 0 Å². The quantitative estimate of drug-likeness (QED) is 0.0698. The number of fused-ring (bicyclic) bond motifs is 12. The first-order chi connectivity index (χ1) is 39.0. The smallest absolute Gasteiger partial charge is 0.405 e. The fourth-order valence-electron chi connectivity index (χ4n) is 10.9. The maximum Gasteiger partial charge on any atom is 0.534 e. The minimum atomic E-state index is -5.74. The Bertz CT molecular complexity index is 4120. The molecule has 83 heavy (non-hydrogen) atoms. The molecule has 3 aliphatic heterocycles. The molecule has 0 radical (unpaired) electrons. The van der Waals surface area contributed by atoms with Crippen LogP contribution in [0, 0.1) is 0 Å². The lowest BCUT2D eigenvalue weighted by Crippen LogP contribution is -2.41. The average Bonchev–Trinajstić information content (AvgIpc) is 2.56. The molecule has 0 saturated carbocycles. The van der Waals surface area contributed by atoms with E-state index in [1.165, 1.54) is 61.6 Å². The van der Waals surface area contributed by atoms with Gasteiger partial charge in [-0.25, -0.2) is 0 Å². The van der Waals surface area contributed by atoms with Gasteiger partial charge in [0.25, 0.3) is 0 Å². The van der Waals surface area contributed by atoms with E-state index >= 15 is 0 Å². The fourth-order valence-corrected chi connectivity index (χ4v) is 11.4. The molecule has 3 heterocycles. The van der Waals surface area contributed by atoms with Crippen LogP contribution in [0.1, 0.15) is 83.1 Å². The Morgan fingerprint density at radius 2 is 0.627 bits per heavy atom. The summed E-state index contributed by atoms with van der Waals surface area (Å²) in [5.41, 5.74) is -2.95. The van der Waals surface area contributed by atoms with E-state index in [1.807, 2.05) is 104 Å². The minimum Gasteiger partial charge on any atom is -0.405 e. The first-order valence-electron chi connectivity index (χ1n) is 27.9. The summed E-state index contributed by atoms with van der Waals surface area (Å²) < 4.78 is 102. The normalized spacial score (nSPS) is 18.6. The van der Waals surface area contributed by atoms with Crippen LogP contribution in [-0.4, -0.2) is 68.7 Å². The monoisotopic (exact) mass is 1140 g/mol. The Kier molecular flexibility index (Phi) is 14.5. The third-order valence-electron chi connectivity index (χ3n) is 17.7.